The number of likely N-dealkylation sites (tertiary alicyclic amines) is 1. The number of ether oxygens (including phenoxy) is 1. The van der Waals surface area contributed by atoms with E-state index in [9.17, 15) is 4.79 Å². The summed E-state index contributed by atoms with van der Waals surface area (Å²) < 4.78 is 5.41. The number of hydrogen-bond acceptors (Lipinski definition) is 3. The molecule has 1 saturated heterocycles. The van der Waals surface area contributed by atoms with Crippen LogP contribution in [0.5, 0.6) is 5.75 Å². The Morgan fingerprint density at radius 3 is 2.52 bits per heavy atom. The molecule has 4 nitrogen and oxygen atoms in total. The minimum atomic E-state index is 0.0242. The van der Waals surface area contributed by atoms with Crippen molar-refractivity contribution < 1.29 is 9.53 Å². The third kappa shape index (κ3) is 5.10. The molecule has 0 aliphatic carbocycles. The van der Waals surface area contributed by atoms with Crippen molar-refractivity contribution in [3.63, 3.8) is 0 Å². The zero-order chi connectivity index (χ0) is 19.2. The van der Waals surface area contributed by atoms with Crippen LogP contribution in [0.25, 0.3) is 0 Å². The molecule has 2 aromatic rings. The first-order valence-corrected chi connectivity index (χ1v) is 9.74. The van der Waals surface area contributed by atoms with Crippen LogP contribution in [-0.2, 0) is 11.2 Å². The van der Waals surface area contributed by atoms with Gasteiger partial charge in [-0.2, -0.15) is 0 Å². The van der Waals surface area contributed by atoms with Gasteiger partial charge in [0.05, 0.1) is 19.6 Å². The lowest BCUT2D eigenvalue weighted by molar-refractivity contribution is -0.131. The molecule has 1 amide bonds. The fourth-order valence-electron chi connectivity index (χ4n) is 3.69. The number of aryl methyl sites for hydroxylation is 1. The summed E-state index contributed by atoms with van der Waals surface area (Å²) in [6, 6.07) is 16.3. The highest BCUT2D eigenvalue weighted by Crippen LogP contribution is 2.26. The normalized spacial score (nSPS) is 15.5. The van der Waals surface area contributed by atoms with Crippen molar-refractivity contribution in [2.75, 3.05) is 33.8 Å². The third-order valence-electron chi connectivity index (χ3n) is 5.45. The van der Waals surface area contributed by atoms with Crippen molar-refractivity contribution in [2.24, 2.45) is 0 Å². The number of likely N-dealkylation sites (N-methyl/N-ethyl adjacent to an activating group) is 1. The Bertz CT molecular complexity index is 751. The molecule has 0 bridgehead atoms. The van der Waals surface area contributed by atoms with Gasteiger partial charge in [0, 0.05) is 13.6 Å². The molecule has 2 aromatic carbocycles. The molecule has 1 atom stereocenters. The van der Waals surface area contributed by atoms with Gasteiger partial charge in [0.15, 0.2) is 0 Å². The Morgan fingerprint density at radius 1 is 1.15 bits per heavy atom. The van der Waals surface area contributed by atoms with Gasteiger partial charge in [-0.25, -0.2) is 0 Å². The predicted molar refractivity (Wildman–Crippen MR) is 109 cm³/mol. The summed E-state index contributed by atoms with van der Waals surface area (Å²) in [4.78, 5) is 17.4. The van der Waals surface area contributed by atoms with Gasteiger partial charge in [0.25, 0.3) is 0 Å². The van der Waals surface area contributed by atoms with Gasteiger partial charge in [-0.05, 0) is 56.1 Å². The van der Waals surface area contributed by atoms with Crippen molar-refractivity contribution in [1.29, 1.82) is 0 Å². The van der Waals surface area contributed by atoms with Crippen LogP contribution in [0.3, 0.4) is 0 Å². The number of amides is 1. The molecule has 144 valence electrons. The van der Waals surface area contributed by atoms with E-state index in [1.165, 1.54) is 18.4 Å². The highest BCUT2D eigenvalue weighted by molar-refractivity contribution is 5.79. The lowest BCUT2D eigenvalue weighted by Gasteiger charge is -2.32. The average Bonchev–Trinajstić information content (AvgIpc) is 3.20. The Hall–Kier alpha value is -2.33. The molecular formula is C23H30N2O2. The highest BCUT2D eigenvalue weighted by Gasteiger charge is 2.26. The van der Waals surface area contributed by atoms with Gasteiger partial charge in [-0.3, -0.25) is 4.79 Å². The maximum Gasteiger partial charge on any atom is 0.227 e. The highest BCUT2D eigenvalue weighted by atomic mass is 16.5. The van der Waals surface area contributed by atoms with E-state index in [-0.39, 0.29) is 11.9 Å². The number of benzene rings is 2. The number of carbonyl (C=O) groups is 1. The zero-order valence-electron chi connectivity index (χ0n) is 16.6. The molecule has 1 aliphatic rings. The monoisotopic (exact) mass is 366 g/mol. The summed E-state index contributed by atoms with van der Waals surface area (Å²) in [5, 5.41) is 0. The van der Waals surface area contributed by atoms with Gasteiger partial charge >= 0.3 is 0 Å². The molecule has 27 heavy (non-hydrogen) atoms. The van der Waals surface area contributed by atoms with E-state index < -0.39 is 0 Å². The fraction of sp³-hybridized carbons (Fsp3) is 0.435. The van der Waals surface area contributed by atoms with Crippen LogP contribution in [0.15, 0.2) is 48.5 Å². The molecule has 1 unspecified atom stereocenters. The lowest BCUT2D eigenvalue weighted by Crippen LogP contribution is -2.39. The molecule has 1 fully saturated rings. The first-order valence-electron chi connectivity index (χ1n) is 9.74. The van der Waals surface area contributed by atoms with Crippen LogP contribution in [-0.4, -0.2) is 49.5 Å². The largest absolute Gasteiger partial charge is 0.497 e. The Balaban J connectivity index is 1.79. The minimum Gasteiger partial charge on any atom is -0.497 e. The van der Waals surface area contributed by atoms with Gasteiger partial charge < -0.3 is 14.5 Å². The number of carbonyl (C=O) groups excluding carboxylic acids is 1. The summed E-state index contributed by atoms with van der Waals surface area (Å²) in [7, 11) is 3.61. The van der Waals surface area contributed by atoms with Crippen LogP contribution in [0.2, 0.25) is 0 Å². The molecule has 3 rings (SSSR count). The van der Waals surface area contributed by atoms with Crippen LogP contribution in [0.1, 0.15) is 35.6 Å². The van der Waals surface area contributed by atoms with Crippen LogP contribution < -0.4 is 4.74 Å². The van der Waals surface area contributed by atoms with Crippen LogP contribution in [0.4, 0.5) is 0 Å². The second kappa shape index (κ2) is 9.05. The molecule has 0 aromatic heterocycles. The Kier molecular flexibility index (Phi) is 6.51. The smallest absolute Gasteiger partial charge is 0.227 e. The summed E-state index contributed by atoms with van der Waals surface area (Å²) in [5.74, 6) is 0.976. The van der Waals surface area contributed by atoms with E-state index in [2.05, 4.69) is 36.1 Å². The van der Waals surface area contributed by atoms with Gasteiger partial charge in [-0.1, -0.05) is 42.0 Å². The van der Waals surface area contributed by atoms with Gasteiger partial charge in [0.1, 0.15) is 5.75 Å². The molecule has 0 radical (unpaired) electrons. The molecule has 0 N–H and O–H groups in total. The standard InChI is InChI=1S/C23H30N2O2/c1-18-9-11-19(12-10-18)15-23(26)24(2)22(17-25-13-4-5-14-25)20-7-6-8-21(16-20)27-3/h6-12,16,22H,4-5,13-15,17H2,1-3H3. The molecule has 1 aliphatic heterocycles. The first kappa shape index (κ1) is 19.4. The molecule has 0 saturated carbocycles. The molecule has 1 heterocycles. The average molecular weight is 367 g/mol. The summed E-state index contributed by atoms with van der Waals surface area (Å²) in [6.45, 7) is 5.15. The zero-order valence-corrected chi connectivity index (χ0v) is 16.6. The number of rotatable bonds is 7. The number of hydrogen-bond donors (Lipinski definition) is 0. The quantitative estimate of drug-likeness (QED) is 0.746. The Labute approximate surface area is 162 Å². The number of nitrogens with zero attached hydrogens (tertiary/aromatic N) is 2. The summed E-state index contributed by atoms with van der Waals surface area (Å²) in [6.07, 6.45) is 2.91. The van der Waals surface area contributed by atoms with E-state index in [1.54, 1.807) is 7.11 Å². The van der Waals surface area contributed by atoms with Gasteiger partial charge in [0.2, 0.25) is 5.91 Å². The molecular weight excluding hydrogens is 336 g/mol. The maximum absolute atomic E-state index is 13.0. The Morgan fingerprint density at radius 2 is 1.85 bits per heavy atom. The molecule has 4 heteroatoms. The summed E-state index contributed by atoms with van der Waals surface area (Å²) >= 11 is 0. The van der Waals surface area contributed by atoms with Crippen molar-refractivity contribution in [1.82, 2.24) is 9.80 Å². The first-order chi connectivity index (χ1) is 13.1. The van der Waals surface area contributed by atoms with E-state index in [1.807, 2.05) is 36.2 Å². The lowest BCUT2D eigenvalue weighted by atomic mass is 10.0. The molecule has 0 spiro atoms. The van der Waals surface area contributed by atoms with Gasteiger partial charge in [-0.15, -0.1) is 0 Å². The maximum atomic E-state index is 13.0. The fourth-order valence-corrected chi connectivity index (χ4v) is 3.69. The van der Waals surface area contributed by atoms with E-state index >= 15 is 0 Å². The van der Waals surface area contributed by atoms with E-state index in [0.717, 1.165) is 36.5 Å². The second-order valence-electron chi connectivity index (χ2n) is 7.47. The van der Waals surface area contributed by atoms with Crippen molar-refractivity contribution in [3.05, 3.63) is 65.2 Å². The van der Waals surface area contributed by atoms with Crippen molar-refractivity contribution >= 4 is 5.91 Å². The number of methoxy groups -OCH3 is 1. The SMILES string of the molecule is COc1cccc(C(CN2CCCC2)N(C)C(=O)Cc2ccc(C)cc2)c1. The predicted octanol–water partition coefficient (Wildman–Crippen LogP) is 3.84. The van der Waals surface area contributed by atoms with Crippen LogP contribution in [0, 0.1) is 6.92 Å². The van der Waals surface area contributed by atoms with Crippen LogP contribution >= 0.6 is 0 Å². The summed E-state index contributed by atoms with van der Waals surface area (Å²) in [5.41, 5.74) is 3.40. The topological polar surface area (TPSA) is 32.8 Å². The van der Waals surface area contributed by atoms with E-state index in [4.69, 9.17) is 4.74 Å². The minimum absolute atomic E-state index is 0.0242. The van der Waals surface area contributed by atoms with E-state index in [0.29, 0.717) is 6.42 Å². The third-order valence-corrected chi connectivity index (χ3v) is 5.45. The van der Waals surface area contributed by atoms with Crippen molar-refractivity contribution in [3.8, 4) is 5.75 Å². The van der Waals surface area contributed by atoms with Crippen molar-refractivity contribution in [2.45, 2.75) is 32.2 Å². The second-order valence-corrected chi connectivity index (χ2v) is 7.47.